The van der Waals surface area contributed by atoms with E-state index in [0.29, 0.717) is 23.2 Å². The van der Waals surface area contributed by atoms with Crippen molar-refractivity contribution >= 4 is 17.4 Å². The number of carbonyl (C=O) groups excluding carboxylic acids is 2. The molecule has 7 heteroatoms. The number of Topliss-reactive ketones (excluding diaryl/α,β-unsaturated/α-hetero) is 1. The van der Waals surface area contributed by atoms with Crippen molar-refractivity contribution in [3.05, 3.63) is 94.8 Å². The first-order chi connectivity index (χ1) is 15.9. The zero-order valence-corrected chi connectivity index (χ0v) is 17.9. The van der Waals surface area contributed by atoms with Crippen LogP contribution in [-0.2, 0) is 22.6 Å². The molecule has 0 saturated carbocycles. The number of rotatable bonds is 4. The second-order valence-corrected chi connectivity index (χ2v) is 8.29. The Morgan fingerprint density at radius 1 is 1.12 bits per heavy atom. The fourth-order valence-electron chi connectivity index (χ4n) is 4.44. The number of pyridine rings is 1. The summed E-state index contributed by atoms with van der Waals surface area (Å²) in [5.74, 6) is -0.889. The molecule has 1 aromatic heterocycles. The number of phenols is 1. The van der Waals surface area contributed by atoms with Gasteiger partial charge in [0.1, 0.15) is 23.4 Å². The van der Waals surface area contributed by atoms with Crippen LogP contribution in [0.2, 0.25) is 0 Å². The minimum absolute atomic E-state index is 0.00790. The van der Waals surface area contributed by atoms with E-state index in [1.165, 1.54) is 17.0 Å². The molecule has 166 valence electrons. The number of benzene rings is 2. The molecule has 7 nitrogen and oxygen atoms in total. The lowest BCUT2D eigenvalue weighted by Crippen LogP contribution is -2.29. The molecule has 33 heavy (non-hydrogen) atoms. The highest BCUT2D eigenvalue weighted by molar-refractivity contribution is 6.46. The van der Waals surface area contributed by atoms with Crippen LogP contribution < -0.4 is 4.74 Å². The summed E-state index contributed by atoms with van der Waals surface area (Å²) in [5, 5.41) is 21.0. The highest BCUT2D eigenvalue weighted by Gasteiger charge is 2.46. The minimum Gasteiger partial charge on any atom is -0.508 e. The summed E-state index contributed by atoms with van der Waals surface area (Å²) < 4.78 is 5.73. The lowest BCUT2D eigenvalue weighted by molar-refractivity contribution is -0.140. The standard InChI is InChI=1S/C26H22N2O5/c1-15-12-18-13-17(7-10-21(18)33-15)24(30)22-23(16-5-8-20(29)9-6-16)28(26(32)25(22)31)14-19-4-2-3-11-27-19/h2-11,13,15,23,29-30H,12,14H2,1H3/b24-22-. The van der Waals surface area contributed by atoms with Gasteiger partial charge in [-0.1, -0.05) is 18.2 Å². The molecule has 2 unspecified atom stereocenters. The fourth-order valence-corrected chi connectivity index (χ4v) is 4.44. The topological polar surface area (TPSA) is 100.0 Å². The zero-order chi connectivity index (χ0) is 23.1. The van der Waals surface area contributed by atoms with Crippen molar-refractivity contribution < 1.29 is 24.5 Å². The molecule has 0 aliphatic carbocycles. The van der Waals surface area contributed by atoms with E-state index in [9.17, 15) is 19.8 Å². The first-order valence-corrected chi connectivity index (χ1v) is 10.7. The van der Waals surface area contributed by atoms with Crippen LogP contribution >= 0.6 is 0 Å². The molecule has 2 aromatic carbocycles. The van der Waals surface area contributed by atoms with Crippen LogP contribution in [-0.4, -0.2) is 37.9 Å². The summed E-state index contributed by atoms with van der Waals surface area (Å²) in [6, 6.07) is 16.1. The van der Waals surface area contributed by atoms with Gasteiger partial charge in [-0.05, 0) is 60.5 Å². The van der Waals surface area contributed by atoms with Gasteiger partial charge in [0.25, 0.3) is 11.7 Å². The lowest BCUT2D eigenvalue weighted by atomic mass is 9.94. The second kappa shape index (κ2) is 8.09. The Bertz CT molecular complexity index is 1270. The Kier molecular flexibility index (Phi) is 5.09. The average molecular weight is 442 g/mol. The number of aromatic hydroxyl groups is 1. The number of fused-ring (bicyclic) bond motifs is 1. The highest BCUT2D eigenvalue weighted by atomic mass is 16.5. The maximum Gasteiger partial charge on any atom is 0.296 e. The van der Waals surface area contributed by atoms with E-state index in [4.69, 9.17) is 4.74 Å². The Morgan fingerprint density at radius 3 is 2.64 bits per heavy atom. The number of hydrogen-bond acceptors (Lipinski definition) is 6. The van der Waals surface area contributed by atoms with Crippen molar-refractivity contribution in [1.29, 1.82) is 0 Å². The number of ether oxygens (including phenoxy) is 1. The van der Waals surface area contributed by atoms with Gasteiger partial charge in [0.15, 0.2) is 0 Å². The van der Waals surface area contributed by atoms with Crippen LogP contribution in [0.4, 0.5) is 0 Å². The van der Waals surface area contributed by atoms with Gasteiger partial charge < -0.3 is 19.8 Å². The third-order valence-electron chi connectivity index (χ3n) is 5.98. The van der Waals surface area contributed by atoms with Crippen LogP contribution in [0.3, 0.4) is 0 Å². The van der Waals surface area contributed by atoms with E-state index >= 15 is 0 Å². The van der Waals surface area contributed by atoms with Gasteiger partial charge in [0.05, 0.1) is 23.9 Å². The quantitative estimate of drug-likeness (QED) is 0.363. The van der Waals surface area contributed by atoms with Crippen molar-refractivity contribution in [3.63, 3.8) is 0 Å². The summed E-state index contributed by atoms with van der Waals surface area (Å²) in [4.78, 5) is 31.9. The van der Waals surface area contributed by atoms with E-state index in [1.54, 1.807) is 48.7 Å². The summed E-state index contributed by atoms with van der Waals surface area (Å²) in [7, 11) is 0. The number of aliphatic hydroxyl groups is 1. The summed E-state index contributed by atoms with van der Waals surface area (Å²) >= 11 is 0. The molecule has 1 saturated heterocycles. The van der Waals surface area contributed by atoms with Gasteiger partial charge in [0, 0.05) is 18.2 Å². The van der Waals surface area contributed by atoms with Crippen LogP contribution in [0.25, 0.3) is 5.76 Å². The maximum atomic E-state index is 13.2. The summed E-state index contributed by atoms with van der Waals surface area (Å²) in [6.07, 6.45) is 2.36. The van der Waals surface area contributed by atoms with Crippen molar-refractivity contribution in [3.8, 4) is 11.5 Å². The number of nitrogens with zero attached hydrogens (tertiary/aromatic N) is 2. The zero-order valence-electron chi connectivity index (χ0n) is 17.9. The van der Waals surface area contributed by atoms with Gasteiger partial charge >= 0.3 is 0 Å². The highest BCUT2D eigenvalue weighted by Crippen LogP contribution is 2.41. The van der Waals surface area contributed by atoms with Gasteiger partial charge in [-0.15, -0.1) is 0 Å². The number of amides is 1. The molecule has 0 spiro atoms. The molecule has 1 amide bonds. The molecule has 3 heterocycles. The molecule has 2 atom stereocenters. The number of aliphatic hydroxyl groups excluding tert-OH is 1. The average Bonchev–Trinajstić information content (AvgIpc) is 3.31. The number of carbonyl (C=O) groups is 2. The summed E-state index contributed by atoms with van der Waals surface area (Å²) in [5.41, 5.74) is 2.62. The monoisotopic (exact) mass is 442 g/mol. The summed E-state index contributed by atoms with van der Waals surface area (Å²) in [6.45, 7) is 2.07. The smallest absolute Gasteiger partial charge is 0.296 e. The van der Waals surface area contributed by atoms with E-state index in [1.807, 2.05) is 13.0 Å². The Balaban J connectivity index is 1.62. The van der Waals surface area contributed by atoms with Crippen LogP contribution in [0.1, 0.15) is 35.3 Å². The molecule has 2 aliphatic heterocycles. The van der Waals surface area contributed by atoms with Crippen LogP contribution in [0.15, 0.2) is 72.4 Å². The Hall–Kier alpha value is -4.13. The van der Waals surface area contributed by atoms with Gasteiger partial charge in [-0.3, -0.25) is 14.6 Å². The van der Waals surface area contributed by atoms with E-state index < -0.39 is 17.7 Å². The molecule has 5 rings (SSSR count). The van der Waals surface area contributed by atoms with E-state index in [0.717, 1.165) is 11.3 Å². The van der Waals surface area contributed by atoms with Gasteiger partial charge in [0.2, 0.25) is 0 Å². The van der Waals surface area contributed by atoms with E-state index in [2.05, 4.69) is 4.98 Å². The first-order valence-electron chi connectivity index (χ1n) is 10.7. The van der Waals surface area contributed by atoms with E-state index in [-0.39, 0.29) is 29.7 Å². The largest absolute Gasteiger partial charge is 0.508 e. The molecule has 2 N–H and O–H groups in total. The van der Waals surface area contributed by atoms with Gasteiger partial charge in [-0.25, -0.2) is 0 Å². The number of phenolic OH excluding ortho intramolecular Hbond substituents is 1. The number of ketones is 1. The molecule has 0 bridgehead atoms. The number of aromatic nitrogens is 1. The maximum absolute atomic E-state index is 13.2. The normalized spacial score (nSPS) is 21.2. The predicted molar refractivity (Wildman–Crippen MR) is 120 cm³/mol. The Labute approximate surface area is 190 Å². The van der Waals surface area contributed by atoms with Crippen LogP contribution in [0.5, 0.6) is 11.5 Å². The van der Waals surface area contributed by atoms with Crippen molar-refractivity contribution in [1.82, 2.24) is 9.88 Å². The fraction of sp³-hybridized carbons (Fsp3) is 0.192. The predicted octanol–water partition coefficient (Wildman–Crippen LogP) is 3.73. The molecular formula is C26H22N2O5. The third kappa shape index (κ3) is 3.71. The van der Waals surface area contributed by atoms with Crippen LogP contribution in [0, 0.1) is 0 Å². The third-order valence-corrected chi connectivity index (χ3v) is 5.98. The second-order valence-electron chi connectivity index (χ2n) is 8.29. The number of likely N-dealkylation sites (tertiary alicyclic amines) is 1. The SMILES string of the molecule is CC1Cc2cc(/C(O)=C3/C(=O)C(=O)N(Cc4ccccn4)C3c3ccc(O)cc3)ccc2O1. The molecule has 0 radical (unpaired) electrons. The van der Waals surface area contributed by atoms with Crippen molar-refractivity contribution in [2.24, 2.45) is 0 Å². The lowest BCUT2D eigenvalue weighted by Gasteiger charge is -2.25. The first kappa shape index (κ1) is 20.8. The van der Waals surface area contributed by atoms with Crippen molar-refractivity contribution in [2.45, 2.75) is 32.0 Å². The molecule has 2 aliphatic rings. The molecule has 1 fully saturated rings. The number of hydrogen-bond donors (Lipinski definition) is 2. The molecule has 3 aromatic rings. The molecular weight excluding hydrogens is 420 g/mol. The van der Waals surface area contributed by atoms with Crippen molar-refractivity contribution in [2.75, 3.05) is 0 Å². The van der Waals surface area contributed by atoms with Gasteiger partial charge in [-0.2, -0.15) is 0 Å². The Morgan fingerprint density at radius 2 is 1.91 bits per heavy atom. The minimum atomic E-state index is -0.823.